The van der Waals surface area contributed by atoms with E-state index in [-0.39, 0.29) is 6.04 Å². The number of hydrogen-bond donors (Lipinski definition) is 0. The van der Waals surface area contributed by atoms with Gasteiger partial charge in [-0.25, -0.2) is 0 Å². The van der Waals surface area contributed by atoms with Gasteiger partial charge in [-0.05, 0) is 33.6 Å². The van der Waals surface area contributed by atoms with E-state index >= 15 is 0 Å². The van der Waals surface area contributed by atoms with Gasteiger partial charge in [-0.15, -0.1) is 10.2 Å². The maximum Gasteiger partial charge on any atom is 0.175 e. The summed E-state index contributed by atoms with van der Waals surface area (Å²) in [7, 11) is 0. The molecule has 0 saturated heterocycles. The number of halogens is 1. The van der Waals surface area contributed by atoms with Gasteiger partial charge in [-0.3, -0.25) is 0 Å². The fourth-order valence-electron chi connectivity index (χ4n) is 1.86. The van der Waals surface area contributed by atoms with E-state index in [9.17, 15) is 0 Å². The van der Waals surface area contributed by atoms with Gasteiger partial charge in [-0.2, -0.15) is 10.2 Å². The fourth-order valence-corrected chi connectivity index (χ4v) is 2.18. The molecule has 3 rings (SSSR count). The van der Waals surface area contributed by atoms with Crippen LogP contribution in [0.5, 0.6) is 0 Å². The Labute approximate surface area is 124 Å². The molecule has 0 radical (unpaired) electrons. The summed E-state index contributed by atoms with van der Waals surface area (Å²) in [5.74, 6) is 1.26. The Hall–Kier alpha value is -2.08. The van der Waals surface area contributed by atoms with Crippen LogP contribution in [-0.2, 0) is 0 Å². The molecule has 2 aromatic rings. The van der Waals surface area contributed by atoms with E-state index in [1.807, 2.05) is 30.3 Å². The fraction of sp³-hybridized carbons (Fsp3) is 0.143. The smallest absolute Gasteiger partial charge is 0.175 e. The largest absolute Gasteiger partial charge is 0.448 e. The number of nitrogens with zero attached hydrogens (tertiary/aromatic N) is 4. The Morgan fingerprint density at radius 2 is 2.05 bits per heavy atom. The van der Waals surface area contributed by atoms with Crippen LogP contribution in [0.1, 0.15) is 23.8 Å². The first-order valence-corrected chi connectivity index (χ1v) is 6.91. The van der Waals surface area contributed by atoms with Gasteiger partial charge < -0.3 is 4.42 Å². The number of rotatable bonds is 3. The van der Waals surface area contributed by atoms with Crippen molar-refractivity contribution >= 4 is 28.0 Å². The summed E-state index contributed by atoms with van der Waals surface area (Å²) in [6.45, 7) is 0. The van der Waals surface area contributed by atoms with Crippen molar-refractivity contribution in [1.82, 2.24) is 0 Å². The molecule has 1 aliphatic heterocycles. The maximum absolute atomic E-state index is 5.28. The molecular formula is C14H11BrN4O. The predicted octanol–water partition coefficient (Wildman–Crippen LogP) is 4.37. The molecule has 1 aliphatic rings. The summed E-state index contributed by atoms with van der Waals surface area (Å²) in [6.07, 6.45) is 2.21. The van der Waals surface area contributed by atoms with Crippen LogP contribution in [0.15, 0.2) is 72.0 Å². The first kappa shape index (κ1) is 12.9. The van der Waals surface area contributed by atoms with Crippen molar-refractivity contribution in [1.29, 1.82) is 0 Å². The highest BCUT2D eigenvalue weighted by Crippen LogP contribution is 2.27. The van der Waals surface area contributed by atoms with Gasteiger partial charge in [0.05, 0.1) is 6.21 Å². The monoisotopic (exact) mass is 330 g/mol. The molecule has 6 heteroatoms. The van der Waals surface area contributed by atoms with E-state index in [1.165, 1.54) is 0 Å². The average molecular weight is 331 g/mol. The first-order chi connectivity index (χ1) is 9.81. The second kappa shape index (κ2) is 5.92. The van der Waals surface area contributed by atoms with Crippen LogP contribution in [0.2, 0.25) is 0 Å². The van der Waals surface area contributed by atoms with Crippen LogP contribution in [0.4, 0.5) is 0 Å². The molecule has 1 aromatic heterocycles. The molecule has 0 bridgehead atoms. The quantitative estimate of drug-likeness (QED) is 0.608. The van der Waals surface area contributed by atoms with Crippen molar-refractivity contribution in [2.75, 3.05) is 0 Å². The zero-order chi connectivity index (χ0) is 13.8. The lowest BCUT2D eigenvalue weighted by atomic mass is 10.1. The Morgan fingerprint density at radius 3 is 2.80 bits per heavy atom. The van der Waals surface area contributed by atoms with Gasteiger partial charge in [0.2, 0.25) is 0 Å². The third-order valence-corrected chi connectivity index (χ3v) is 3.25. The summed E-state index contributed by atoms with van der Waals surface area (Å²) >= 11 is 3.23. The zero-order valence-corrected chi connectivity index (χ0v) is 12.1. The van der Waals surface area contributed by atoms with Crippen molar-refractivity contribution in [2.45, 2.75) is 12.5 Å². The molecule has 1 aromatic carbocycles. The molecule has 0 aliphatic carbocycles. The van der Waals surface area contributed by atoms with Crippen molar-refractivity contribution in [2.24, 2.45) is 20.4 Å². The summed E-state index contributed by atoms with van der Waals surface area (Å²) < 4.78 is 5.95. The molecule has 0 fully saturated rings. The number of furan rings is 1. The van der Waals surface area contributed by atoms with Crippen molar-refractivity contribution in [3.63, 3.8) is 0 Å². The van der Waals surface area contributed by atoms with E-state index in [4.69, 9.17) is 4.42 Å². The molecule has 0 spiro atoms. The van der Waals surface area contributed by atoms with Crippen molar-refractivity contribution in [3.8, 4) is 0 Å². The average Bonchev–Trinajstić information content (AvgIpc) is 3.09. The van der Waals surface area contributed by atoms with Gasteiger partial charge in [-0.1, -0.05) is 30.3 Å². The minimum absolute atomic E-state index is 0.0444. The minimum Gasteiger partial charge on any atom is -0.448 e. The lowest BCUT2D eigenvalue weighted by molar-refractivity contribution is 0.534. The van der Waals surface area contributed by atoms with Crippen molar-refractivity contribution in [3.05, 3.63) is 58.5 Å². The minimum atomic E-state index is 0.0444. The lowest BCUT2D eigenvalue weighted by Gasteiger charge is -2.02. The summed E-state index contributed by atoms with van der Waals surface area (Å²) in [4.78, 5) is 0. The molecule has 0 saturated carbocycles. The maximum atomic E-state index is 5.28. The molecule has 0 amide bonds. The molecular weight excluding hydrogens is 320 g/mol. The van der Waals surface area contributed by atoms with E-state index < -0.39 is 0 Å². The topological polar surface area (TPSA) is 62.6 Å². The highest BCUT2D eigenvalue weighted by molar-refractivity contribution is 9.10. The number of amidine groups is 1. The van der Waals surface area contributed by atoms with E-state index in [2.05, 4.69) is 36.4 Å². The lowest BCUT2D eigenvalue weighted by Crippen LogP contribution is -1.95. The van der Waals surface area contributed by atoms with Gasteiger partial charge in [0.1, 0.15) is 11.8 Å². The van der Waals surface area contributed by atoms with Crippen LogP contribution in [0, 0.1) is 0 Å². The first-order valence-electron chi connectivity index (χ1n) is 6.12. The molecule has 100 valence electrons. The molecule has 0 N–H and O–H groups in total. The van der Waals surface area contributed by atoms with Crippen LogP contribution < -0.4 is 0 Å². The molecule has 5 nitrogen and oxygen atoms in total. The Kier molecular flexibility index (Phi) is 3.83. The van der Waals surface area contributed by atoms with E-state index in [1.54, 1.807) is 18.3 Å². The highest BCUT2D eigenvalue weighted by Gasteiger charge is 2.19. The van der Waals surface area contributed by atoms with Crippen LogP contribution in [-0.4, -0.2) is 12.1 Å². The number of azo groups is 1. The Bertz CT molecular complexity index is 675. The predicted molar refractivity (Wildman–Crippen MR) is 80.1 cm³/mol. The van der Waals surface area contributed by atoms with Gasteiger partial charge in [0, 0.05) is 6.42 Å². The van der Waals surface area contributed by atoms with Gasteiger partial charge in [0.15, 0.2) is 10.5 Å². The Balaban J connectivity index is 1.64. The van der Waals surface area contributed by atoms with Gasteiger partial charge in [0.25, 0.3) is 0 Å². The third kappa shape index (κ3) is 3.08. The third-order valence-electron chi connectivity index (χ3n) is 2.82. The summed E-state index contributed by atoms with van der Waals surface area (Å²) in [5.41, 5.74) is 1.14. The van der Waals surface area contributed by atoms with Crippen LogP contribution >= 0.6 is 15.9 Å². The molecule has 1 unspecified atom stereocenters. The SMILES string of the molecule is Brc1ccc(/C=N/N=C2/CC(c3ccccc3)N=N2)o1. The molecule has 1 atom stereocenters. The van der Waals surface area contributed by atoms with E-state index in [0.29, 0.717) is 22.7 Å². The molecule has 20 heavy (non-hydrogen) atoms. The number of hydrogen-bond acceptors (Lipinski definition) is 4. The summed E-state index contributed by atoms with van der Waals surface area (Å²) in [6, 6.07) is 13.7. The summed E-state index contributed by atoms with van der Waals surface area (Å²) in [5, 5.41) is 16.3. The zero-order valence-electron chi connectivity index (χ0n) is 10.5. The second-order valence-electron chi connectivity index (χ2n) is 4.25. The van der Waals surface area contributed by atoms with Gasteiger partial charge >= 0.3 is 0 Å². The van der Waals surface area contributed by atoms with E-state index in [0.717, 1.165) is 5.56 Å². The standard InChI is InChI=1S/C14H11BrN4O/c15-13-7-6-11(20-13)9-16-18-14-8-12(17-19-14)10-4-2-1-3-5-10/h1-7,9,12H,8H2/b16-9+,18-14-. The van der Waals surface area contributed by atoms with Crippen LogP contribution in [0.3, 0.4) is 0 Å². The molecule has 2 heterocycles. The second-order valence-corrected chi connectivity index (χ2v) is 5.03. The number of benzene rings is 1. The van der Waals surface area contributed by atoms with Crippen LogP contribution in [0.25, 0.3) is 0 Å². The highest BCUT2D eigenvalue weighted by atomic mass is 79.9. The Morgan fingerprint density at radius 1 is 1.20 bits per heavy atom. The normalized spacial score (nSPS) is 20.2. The van der Waals surface area contributed by atoms with Crippen molar-refractivity contribution < 1.29 is 4.42 Å².